The van der Waals surface area contributed by atoms with E-state index < -0.39 is 6.10 Å². The predicted molar refractivity (Wildman–Crippen MR) is 75.1 cm³/mol. The number of nitrogens with one attached hydrogen (secondary N) is 1. The number of aliphatic hydroxyl groups excluding tert-OH is 1. The molecule has 19 heavy (non-hydrogen) atoms. The first kappa shape index (κ1) is 16.0. The Balaban J connectivity index is 2.77. The van der Waals surface area contributed by atoms with E-state index >= 15 is 0 Å². The SMILES string of the molecule is CCCNC(CC(=O)OC)C(O)c1ccc(Cl)cc1. The Labute approximate surface area is 118 Å². The Morgan fingerprint density at radius 2 is 2.05 bits per heavy atom. The smallest absolute Gasteiger partial charge is 0.307 e. The van der Waals surface area contributed by atoms with E-state index in [-0.39, 0.29) is 18.4 Å². The number of aliphatic hydroxyl groups is 1. The van der Waals surface area contributed by atoms with Crippen LogP contribution in [0.4, 0.5) is 0 Å². The van der Waals surface area contributed by atoms with Crippen molar-refractivity contribution in [2.24, 2.45) is 0 Å². The maximum absolute atomic E-state index is 11.4. The van der Waals surface area contributed by atoms with Crippen molar-refractivity contribution < 1.29 is 14.6 Å². The lowest BCUT2D eigenvalue weighted by Crippen LogP contribution is -2.37. The monoisotopic (exact) mass is 285 g/mol. The Kier molecular flexibility index (Phi) is 6.84. The number of carbonyl (C=O) groups is 1. The molecule has 2 unspecified atom stereocenters. The average molecular weight is 286 g/mol. The van der Waals surface area contributed by atoms with Gasteiger partial charge >= 0.3 is 5.97 Å². The minimum Gasteiger partial charge on any atom is -0.469 e. The summed E-state index contributed by atoms with van der Waals surface area (Å²) in [6, 6.07) is 6.58. The zero-order valence-electron chi connectivity index (χ0n) is 11.2. The second-order valence-corrected chi connectivity index (χ2v) is 4.77. The molecule has 0 heterocycles. The number of hydrogen-bond acceptors (Lipinski definition) is 4. The molecular formula is C14H20ClNO3. The Morgan fingerprint density at radius 3 is 2.58 bits per heavy atom. The summed E-state index contributed by atoms with van der Waals surface area (Å²) in [5, 5.41) is 14.1. The summed E-state index contributed by atoms with van der Waals surface area (Å²) in [5.74, 6) is -0.346. The maximum atomic E-state index is 11.4. The third-order valence-electron chi connectivity index (χ3n) is 2.86. The van der Waals surface area contributed by atoms with Crippen molar-refractivity contribution in [3.8, 4) is 0 Å². The molecule has 1 aromatic carbocycles. The predicted octanol–water partition coefficient (Wildman–Crippen LogP) is 2.30. The molecule has 4 nitrogen and oxygen atoms in total. The van der Waals surface area contributed by atoms with Crippen LogP contribution in [0.2, 0.25) is 5.02 Å². The van der Waals surface area contributed by atoms with Gasteiger partial charge in [0.1, 0.15) is 0 Å². The normalized spacial score (nSPS) is 13.9. The van der Waals surface area contributed by atoms with Crippen molar-refractivity contribution >= 4 is 17.6 Å². The summed E-state index contributed by atoms with van der Waals surface area (Å²) in [6.07, 6.45) is 0.272. The van der Waals surface area contributed by atoms with Gasteiger partial charge in [-0.2, -0.15) is 0 Å². The van der Waals surface area contributed by atoms with Crippen molar-refractivity contribution in [2.45, 2.75) is 31.9 Å². The largest absolute Gasteiger partial charge is 0.469 e. The molecule has 0 aliphatic heterocycles. The molecule has 2 N–H and O–H groups in total. The summed E-state index contributed by atoms with van der Waals surface area (Å²) in [5.41, 5.74) is 0.724. The molecule has 1 rings (SSSR count). The molecule has 2 atom stereocenters. The first-order valence-corrected chi connectivity index (χ1v) is 6.70. The zero-order chi connectivity index (χ0) is 14.3. The maximum Gasteiger partial charge on any atom is 0.307 e. The second kappa shape index (κ2) is 8.15. The number of ether oxygens (including phenoxy) is 1. The average Bonchev–Trinajstić information content (AvgIpc) is 2.43. The molecule has 0 amide bonds. The minimum absolute atomic E-state index is 0.125. The Hall–Kier alpha value is -1.10. The van der Waals surface area contributed by atoms with Gasteiger partial charge < -0.3 is 15.2 Å². The number of esters is 1. The van der Waals surface area contributed by atoms with Crippen LogP contribution >= 0.6 is 11.6 Å². The van der Waals surface area contributed by atoms with E-state index in [4.69, 9.17) is 11.6 Å². The van der Waals surface area contributed by atoms with Crippen molar-refractivity contribution in [3.63, 3.8) is 0 Å². The Morgan fingerprint density at radius 1 is 1.42 bits per heavy atom. The van der Waals surface area contributed by atoms with E-state index in [0.717, 1.165) is 18.5 Å². The number of halogens is 1. The van der Waals surface area contributed by atoms with Gasteiger partial charge in [-0.25, -0.2) is 0 Å². The van der Waals surface area contributed by atoms with Crippen LogP contribution < -0.4 is 5.32 Å². The minimum atomic E-state index is -0.775. The highest BCUT2D eigenvalue weighted by molar-refractivity contribution is 6.30. The van der Waals surface area contributed by atoms with Crippen molar-refractivity contribution in [2.75, 3.05) is 13.7 Å². The molecule has 0 radical (unpaired) electrons. The lowest BCUT2D eigenvalue weighted by Gasteiger charge is -2.23. The lowest BCUT2D eigenvalue weighted by molar-refractivity contribution is -0.142. The van der Waals surface area contributed by atoms with E-state index in [0.29, 0.717) is 5.02 Å². The molecule has 0 saturated heterocycles. The van der Waals surface area contributed by atoms with Crippen LogP contribution in [0.15, 0.2) is 24.3 Å². The molecule has 0 aliphatic rings. The fraction of sp³-hybridized carbons (Fsp3) is 0.500. The number of methoxy groups -OCH3 is 1. The van der Waals surface area contributed by atoms with Gasteiger partial charge in [-0.1, -0.05) is 30.7 Å². The van der Waals surface area contributed by atoms with E-state index in [9.17, 15) is 9.90 Å². The fourth-order valence-corrected chi connectivity index (χ4v) is 1.91. The highest BCUT2D eigenvalue weighted by Gasteiger charge is 2.23. The van der Waals surface area contributed by atoms with Gasteiger partial charge in [-0.15, -0.1) is 0 Å². The van der Waals surface area contributed by atoms with Crippen LogP contribution in [0.5, 0.6) is 0 Å². The van der Waals surface area contributed by atoms with Gasteiger partial charge in [0.25, 0.3) is 0 Å². The number of carbonyl (C=O) groups excluding carboxylic acids is 1. The van der Waals surface area contributed by atoms with E-state index in [1.165, 1.54) is 7.11 Å². The van der Waals surface area contributed by atoms with Crippen molar-refractivity contribution in [1.82, 2.24) is 5.32 Å². The summed E-state index contributed by atoms with van der Waals surface area (Å²) in [6.45, 7) is 2.75. The van der Waals surface area contributed by atoms with Gasteiger partial charge in [0.05, 0.1) is 19.6 Å². The molecular weight excluding hydrogens is 266 g/mol. The summed E-state index contributed by atoms with van der Waals surface area (Å²) in [4.78, 5) is 11.4. The van der Waals surface area contributed by atoms with Crippen molar-refractivity contribution in [3.05, 3.63) is 34.9 Å². The number of hydrogen-bond donors (Lipinski definition) is 2. The number of benzene rings is 1. The van der Waals surface area contributed by atoms with Gasteiger partial charge in [-0.05, 0) is 30.7 Å². The third-order valence-corrected chi connectivity index (χ3v) is 3.12. The first-order chi connectivity index (χ1) is 9.08. The molecule has 0 saturated carbocycles. The van der Waals surface area contributed by atoms with Crippen LogP contribution in [-0.4, -0.2) is 30.8 Å². The molecule has 0 aromatic heterocycles. The molecule has 0 fully saturated rings. The van der Waals surface area contributed by atoms with Crippen LogP contribution in [0.25, 0.3) is 0 Å². The van der Waals surface area contributed by atoms with E-state index in [1.807, 2.05) is 6.92 Å². The summed E-state index contributed by atoms with van der Waals surface area (Å²) < 4.78 is 4.65. The quantitative estimate of drug-likeness (QED) is 0.755. The topological polar surface area (TPSA) is 58.6 Å². The zero-order valence-corrected chi connectivity index (χ0v) is 12.0. The van der Waals surface area contributed by atoms with Gasteiger partial charge in [0.2, 0.25) is 0 Å². The highest BCUT2D eigenvalue weighted by atomic mass is 35.5. The molecule has 1 aromatic rings. The van der Waals surface area contributed by atoms with Crippen LogP contribution in [0.1, 0.15) is 31.4 Å². The molecule has 5 heteroatoms. The molecule has 0 bridgehead atoms. The highest BCUT2D eigenvalue weighted by Crippen LogP contribution is 2.21. The van der Waals surface area contributed by atoms with Gasteiger partial charge in [-0.3, -0.25) is 4.79 Å². The van der Waals surface area contributed by atoms with Crippen LogP contribution in [0.3, 0.4) is 0 Å². The van der Waals surface area contributed by atoms with Crippen LogP contribution in [0, 0.1) is 0 Å². The van der Waals surface area contributed by atoms with Gasteiger partial charge in [0.15, 0.2) is 0 Å². The molecule has 0 aliphatic carbocycles. The van der Waals surface area contributed by atoms with Gasteiger partial charge in [0, 0.05) is 11.1 Å². The van der Waals surface area contributed by atoms with E-state index in [2.05, 4.69) is 10.1 Å². The van der Waals surface area contributed by atoms with Crippen molar-refractivity contribution in [1.29, 1.82) is 0 Å². The summed E-state index contributed by atoms with van der Waals surface area (Å²) in [7, 11) is 1.34. The number of rotatable bonds is 7. The summed E-state index contributed by atoms with van der Waals surface area (Å²) >= 11 is 5.81. The molecule has 0 spiro atoms. The lowest BCUT2D eigenvalue weighted by atomic mass is 9.99. The van der Waals surface area contributed by atoms with E-state index in [1.54, 1.807) is 24.3 Å². The molecule has 106 valence electrons. The first-order valence-electron chi connectivity index (χ1n) is 6.32. The third kappa shape index (κ3) is 5.19. The fourth-order valence-electron chi connectivity index (χ4n) is 1.78. The van der Waals surface area contributed by atoms with Crippen LogP contribution in [-0.2, 0) is 9.53 Å². The standard InChI is InChI=1S/C14H20ClNO3/c1-3-8-16-12(9-13(17)19-2)14(18)10-4-6-11(15)7-5-10/h4-7,12,14,16,18H,3,8-9H2,1-2H3. The Bertz CT molecular complexity index is 394. The second-order valence-electron chi connectivity index (χ2n) is 4.34.